The fraction of sp³-hybridized carbons (Fsp3) is 0.240. The minimum atomic E-state index is -3.63. The summed E-state index contributed by atoms with van der Waals surface area (Å²) in [7, 11) is -3.63. The number of morpholine rings is 1. The van der Waals surface area contributed by atoms with Crippen LogP contribution in [0.4, 0.5) is 26.4 Å². The van der Waals surface area contributed by atoms with E-state index in [1.54, 1.807) is 59.5 Å². The number of nitrogens with one attached hydrogen (secondary N) is 3. The molecule has 0 unspecified atom stereocenters. The molecule has 1 saturated heterocycles. The van der Waals surface area contributed by atoms with Gasteiger partial charge >= 0.3 is 6.03 Å². The number of carbonyl (C=O) groups excluding carboxylic acids is 2. The SMILES string of the molecule is CS(=O)(=O)NC(=O)Cc1ccc(NC(=O)Nc2ccc(-c3nc(C#N)c(F)c(N4CCOCC4)n3)cc2)cc1. The van der Waals surface area contributed by atoms with Gasteiger partial charge in [0.05, 0.1) is 25.9 Å². The zero-order valence-electron chi connectivity index (χ0n) is 20.8. The average Bonchev–Trinajstić information content (AvgIpc) is 2.90. The van der Waals surface area contributed by atoms with E-state index in [9.17, 15) is 27.7 Å². The lowest BCUT2D eigenvalue weighted by molar-refractivity contribution is -0.118. The monoisotopic (exact) mass is 553 g/mol. The predicted molar refractivity (Wildman–Crippen MR) is 141 cm³/mol. The Hall–Kier alpha value is -4.61. The van der Waals surface area contributed by atoms with E-state index >= 15 is 0 Å². The maximum Gasteiger partial charge on any atom is 0.323 e. The standard InChI is InChI=1S/C25H24FN7O5S/c1-39(36,37)32-21(34)14-16-2-6-18(7-3-16)28-25(35)29-19-8-4-17(5-9-19)23-30-20(15-27)22(26)24(31-23)33-10-12-38-13-11-33/h2-9H,10-14H2,1H3,(H,32,34)(H2,28,29,35). The van der Waals surface area contributed by atoms with Crippen LogP contribution in [0.25, 0.3) is 11.4 Å². The molecule has 1 aliphatic rings. The molecule has 3 aromatic rings. The van der Waals surface area contributed by atoms with Crippen molar-refractivity contribution in [1.82, 2.24) is 14.7 Å². The topological polar surface area (TPSA) is 166 Å². The van der Waals surface area contributed by atoms with Gasteiger partial charge in [0.2, 0.25) is 21.7 Å². The number of nitriles is 1. The molecule has 14 heteroatoms. The first kappa shape index (κ1) is 27.4. The van der Waals surface area contributed by atoms with Crippen molar-refractivity contribution in [2.75, 3.05) is 48.1 Å². The molecule has 39 heavy (non-hydrogen) atoms. The van der Waals surface area contributed by atoms with Crippen LogP contribution < -0.4 is 20.3 Å². The molecule has 1 aromatic heterocycles. The van der Waals surface area contributed by atoms with Crippen LogP contribution in [0.2, 0.25) is 0 Å². The number of anilines is 3. The molecule has 0 aliphatic carbocycles. The van der Waals surface area contributed by atoms with Crippen molar-refractivity contribution in [2.24, 2.45) is 0 Å². The molecule has 1 fully saturated rings. The van der Waals surface area contributed by atoms with Crippen molar-refractivity contribution >= 4 is 39.2 Å². The minimum absolute atomic E-state index is 0.0449. The molecule has 1 aliphatic heterocycles. The highest BCUT2D eigenvalue weighted by atomic mass is 32.2. The predicted octanol–water partition coefficient (Wildman–Crippen LogP) is 2.25. The van der Waals surface area contributed by atoms with Gasteiger partial charge in [0, 0.05) is 30.0 Å². The van der Waals surface area contributed by atoms with Gasteiger partial charge in [0.1, 0.15) is 6.07 Å². The summed E-state index contributed by atoms with van der Waals surface area (Å²) in [6, 6.07) is 14.1. The highest BCUT2D eigenvalue weighted by Crippen LogP contribution is 2.25. The summed E-state index contributed by atoms with van der Waals surface area (Å²) in [5.41, 5.74) is 1.65. The summed E-state index contributed by atoms with van der Waals surface area (Å²) in [5, 5.41) is 14.7. The van der Waals surface area contributed by atoms with Crippen LogP contribution in [-0.2, 0) is 26.0 Å². The van der Waals surface area contributed by atoms with Gasteiger partial charge in [-0.3, -0.25) is 9.52 Å². The van der Waals surface area contributed by atoms with Gasteiger partial charge < -0.3 is 20.3 Å². The number of urea groups is 1. The fourth-order valence-electron chi connectivity index (χ4n) is 3.75. The van der Waals surface area contributed by atoms with Gasteiger partial charge in [-0.15, -0.1) is 0 Å². The number of benzene rings is 2. The highest BCUT2D eigenvalue weighted by molar-refractivity contribution is 7.89. The van der Waals surface area contributed by atoms with Gasteiger partial charge in [-0.25, -0.2) is 23.2 Å². The Labute approximate surface area is 223 Å². The molecule has 3 N–H and O–H groups in total. The van der Waals surface area contributed by atoms with E-state index in [0.717, 1.165) is 6.26 Å². The van der Waals surface area contributed by atoms with E-state index in [-0.39, 0.29) is 23.8 Å². The molecule has 4 rings (SSSR count). The van der Waals surface area contributed by atoms with Crippen LogP contribution in [0.5, 0.6) is 0 Å². The minimum Gasteiger partial charge on any atom is -0.378 e. The van der Waals surface area contributed by atoms with Crippen LogP contribution in [0, 0.1) is 17.1 Å². The number of carbonyl (C=O) groups is 2. The number of halogens is 1. The maximum atomic E-state index is 14.8. The molecule has 2 aromatic carbocycles. The first-order valence-corrected chi connectivity index (χ1v) is 13.6. The van der Waals surface area contributed by atoms with E-state index in [2.05, 4.69) is 20.6 Å². The Bertz CT molecular complexity index is 1520. The maximum absolute atomic E-state index is 14.8. The first-order valence-electron chi connectivity index (χ1n) is 11.7. The van der Waals surface area contributed by atoms with E-state index in [1.807, 2.05) is 4.72 Å². The molecule has 0 atom stereocenters. The molecule has 0 spiro atoms. The van der Waals surface area contributed by atoms with Crippen molar-refractivity contribution in [1.29, 1.82) is 5.26 Å². The van der Waals surface area contributed by atoms with E-state index in [1.165, 1.54) is 0 Å². The second-order valence-corrected chi connectivity index (χ2v) is 10.3. The third-order valence-electron chi connectivity index (χ3n) is 5.53. The summed E-state index contributed by atoms with van der Waals surface area (Å²) >= 11 is 0. The zero-order chi connectivity index (χ0) is 28.0. The molecule has 2 heterocycles. The Kier molecular flexibility index (Phi) is 8.33. The largest absolute Gasteiger partial charge is 0.378 e. The normalized spacial score (nSPS) is 13.3. The molecular formula is C25H24FN7O5S. The Balaban J connectivity index is 1.39. The number of rotatable bonds is 7. The smallest absolute Gasteiger partial charge is 0.323 e. The molecule has 3 amide bonds. The fourth-order valence-corrected chi connectivity index (χ4v) is 4.24. The molecule has 0 bridgehead atoms. The Morgan fingerprint density at radius 2 is 1.62 bits per heavy atom. The number of amides is 3. The molecule has 0 saturated carbocycles. The van der Waals surface area contributed by atoms with E-state index in [4.69, 9.17) is 4.74 Å². The number of hydrogen-bond donors (Lipinski definition) is 3. The lowest BCUT2D eigenvalue weighted by Gasteiger charge is -2.28. The summed E-state index contributed by atoms with van der Waals surface area (Å²) in [5.74, 6) is -1.21. The summed E-state index contributed by atoms with van der Waals surface area (Å²) in [4.78, 5) is 34.3. The third kappa shape index (κ3) is 7.46. The number of aromatic nitrogens is 2. The molecular weight excluding hydrogens is 529 g/mol. The van der Waals surface area contributed by atoms with E-state index < -0.39 is 27.8 Å². The Morgan fingerprint density at radius 3 is 2.18 bits per heavy atom. The lowest BCUT2D eigenvalue weighted by Crippen LogP contribution is -2.37. The lowest BCUT2D eigenvalue weighted by atomic mass is 10.1. The quantitative estimate of drug-likeness (QED) is 0.398. The van der Waals surface area contributed by atoms with Gasteiger partial charge in [-0.1, -0.05) is 12.1 Å². The van der Waals surface area contributed by atoms with Gasteiger partial charge in [0.15, 0.2) is 17.3 Å². The molecule has 0 radical (unpaired) electrons. The van der Waals surface area contributed by atoms with Crippen molar-refractivity contribution in [3.63, 3.8) is 0 Å². The van der Waals surface area contributed by atoms with Crippen molar-refractivity contribution in [3.8, 4) is 17.5 Å². The van der Waals surface area contributed by atoms with Crippen LogP contribution in [0.15, 0.2) is 48.5 Å². The van der Waals surface area contributed by atoms with Crippen LogP contribution in [0.1, 0.15) is 11.3 Å². The van der Waals surface area contributed by atoms with Crippen molar-refractivity contribution < 1.29 is 27.1 Å². The van der Waals surface area contributed by atoms with Gasteiger partial charge in [-0.05, 0) is 42.0 Å². The first-order chi connectivity index (χ1) is 18.6. The number of hydrogen-bond acceptors (Lipinski definition) is 9. The average molecular weight is 554 g/mol. The highest BCUT2D eigenvalue weighted by Gasteiger charge is 2.22. The second kappa shape index (κ2) is 11.8. The third-order valence-corrected chi connectivity index (χ3v) is 6.13. The van der Waals surface area contributed by atoms with Crippen molar-refractivity contribution in [2.45, 2.75) is 6.42 Å². The Morgan fingerprint density at radius 1 is 1.03 bits per heavy atom. The van der Waals surface area contributed by atoms with Gasteiger partial charge in [0.25, 0.3) is 0 Å². The van der Waals surface area contributed by atoms with Crippen LogP contribution in [-0.4, -0.2) is 62.9 Å². The van der Waals surface area contributed by atoms with Gasteiger partial charge in [-0.2, -0.15) is 9.65 Å². The van der Waals surface area contributed by atoms with Crippen molar-refractivity contribution in [3.05, 3.63) is 65.6 Å². The van der Waals surface area contributed by atoms with Crippen LogP contribution in [0.3, 0.4) is 0 Å². The zero-order valence-corrected chi connectivity index (χ0v) is 21.6. The van der Waals surface area contributed by atoms with E-state index in [0.29, 0.717) is 48.8 Å². The van der Waals surface area contributed by atoms with Crippen LogP contribution >= 0.6 is 0 Å². The molecule has 202 valence electrons. The molecule has 12 nitrogen and oxygen atoms in total. The number of nitrogens with zero attached hydrogens (tertiary/aromatic N) is 4. The summed E-state index contributed by atoms with van der Waals surface area (Å²) in [6.07, 6.45) is 0.765. The summed E-state index contributed by atoms with van der Waals surface area (Å²) in [6.45, 7) is 1.74. The number of sulfonamides is 1. The second-order valence-electron chi connectivity index (χ2n) is 8.57. The number of ether oxygens (including phenoxy) is 1. The summed E-state index contributed by atoms with van der Waals surface area (Å²) < 4.78 is 44.2.